The molecule has 1 aromatic carbocycles. The molecule has 1 aliphatic carbocycles. The summed E-state index contributed by atoms with van der Waals surface area (Å²) in [5.41, 5.74) is 3.22. The summed E-state index contributed by atoms with van der Waals surface area (Å²) >= 11 is 0. The van der Waals surface area contributed by atoms with Crippen molar-refractivity contribution in [1.29, 1.82) is 5.26 Å². The van der Waals surface area contributed by atoms with E-state index in [2.05, 4.69) is 11.2 Å². The second-order valence-electron chi connectivity index (χ2n) is 6.79. The van der Waals surface area contributed by atoms with E-state index >= 15 is 0 Å². The van der Waals surface area contributed by atoms with E-state index in [9.17, 15) is 18.8 Å². The van der Waals surface area contributed by atoms with Gasteiger partial charge >= 0.3 is 0 Å². The van der Waals surface area contributed by atoms with Gasteiger partial charge in [-0.25, -0.2) is 13.1 Å². The van der Waals surface area contributed by atoms with Crippen LogP contribution in [0.4, 0.5) is 0 Å². The molecular weight excluding hydrogens is 354 g/mol. The van der Waals surface area contributed by atoms with Crippen molar-refractivity contribution in [2.24, 2.45) is 0 Å². The van der Waals surface area contributed by atoms with Crippen molar-refractivity contribution in [1.82, 2.24) is 9.78 Å². The van der Waals surface area contributed by atoms with Crippen LogP contribution in [0.2, 0.25) is 0 Å². The number of nitriles is 1. The molecule has 1 fully saturated rings. The van der Waals surface area contributed by atoms with E-state index in [1.54, 1.807) is 12.1 Å². The van der Waals surface area contributed by atoms with Crippen molar-refractivity contribution in [3.05, 3.63) is 40.2 Å². The Labute approximate surface area is 152 Å². The molecule has 0 bridgehead atoms. The molecule has 1 aliphatic rings. The highest BCUT2D eigenvalue weighted by Crippen LogP contribution is 2.46. The lowest BCUT2D eigenvalue weighted by atomic mass is 10.0. The van der Waals surface area contributed by atoms with Crippen LogP contribution in [0, 0.1) is 25.2 Å². The summed E-state index contributed by atoms with van der Waals surface area (Å²) in [6, 6.07) is 5.69. The molecule has 0 unspecified atom stereocenters. The average molecular weight is 375 g/mol. The highest BCUT2D eigenvalue weighted by atomic mass is 32.2. The molecule has 0 saturated heterocycles. The van der Waals surface area contributed by atoms with Gasteiger partial charge in [0.05, 0.1) is 18.2 Å². The van der Waals surface area contributed by atoms with Gasteiger partial charge in [-0.15, -0.1) is 0 Å². The Balaban J connectivity index is 2.05. The van der Waals surface area contributed by atoms with Crippen LogP contribution in [0.5, 0.6) is 11.5 Å². The molecule has 0 aliphatic heterocycles. The third-order valence-electron chi connectivity index (χ3n) is 4.34. The molecule has 3 rings (SSSR count). The van der Waals surface area contributed by atoms with Crippen LogP contribution in [0.25, 0.3) is 0 Å². The molecule has 0 atom stereocenters. The topological polar surface area (TPSA) is 105 Å². The van der Waals surface area contributed by atoms with E-state index in [0.717, 1.165) is 30.2 Å². The lowest BCUT2D eigenvalue weighted by Crippen LogP contribution is -2.13. The van der Waals surface area contributed by atoms with Crippen LogP contribution >= 0.6 is 0 Å². The number of nitrogens with zero attached hydrogens (tertiary/aromatic N) is 3. The zero-order valence-corrected chi connectivity index (χ0v) is 15.8. The van der Waals surface area contributed by atoms with Crippen molar-refractivity contribution in [2.45, 2.75) is 45.1 Å². The zero-order chi connectivity index (χ0) is 19.1. The van der Waals surface area contributed by atoms with Crippen LogP contribution in [0.1, 0.15) is 46.8 Å². The van der Waals surface area contributed by atoms with Crippen LogP contribution in [-0.4, -0.2) is 29.6 Å². The lowest BCUT2D eigenvalue weighted by molar-refractivity contribution is 0.265. The molecule has 1 N–H and O–H groups in total. The molecule has 0 spiro atoms. The summed E-state index contributed by atoms with van der Waals surface area (Å²) in [6.45, 7) is 3.29. The quantitative estimate of drug-likeness (QED) is 0.832. The Morgan fingerprint density at radius 1 is 1.35 bits per heavy atom. The minimum absolute atomic E-state index is 0.219. The number of aliphatic hydroxyl groups excluding tert-OH is 1. The SMILES string of the molecule is Cc1cc(Oc2c(C3CC3)nn(CS(C)(=O)=O)c2CO)cc(C)c1C#N. The number of aromatic nitrogens is 2. The number of rotatable bonds is 6. The third-order valence-corrected chi connectivity index (χ3v) is 5.06. The minimum Gasteiger partial charge on any atom is -0.453 e. The van der Waals surface area contributed by atoms with E-state index in [0.29, 0.717) is 28.5 Å². The summed E-state index contributed by atoms with van der Waals surface area (Å²) < 4.78 is 30.7. The largest absolute Gasteiger partial charge is 0.453 e. The first-order chi connectivity index (χ1) is 12.2. The summed E-state index contributed by atoms with van der Waals surface area (Å²) in [4.78, 5) is 0. The van der Waals surface area contributed by atoms with Crippen LogP contribution in [-0.2, 0) is 22.3 Å². The molecule has 8 heteroatoms. The van der Waals surface area contributed by atoms with E-state index < -0.39 is 9.84 Å². The van der Waals surface area contributed by atoms with Crippen molar-refractivity contribution in [2.75, 3.05) is 6.26 Å². The number of benzene rings is 1. The van der Waals surface area contributed by atoms with Gasteiger partial charge in [0.2, 0.25) is 0 Å². The molecule has 7 nitrogen and oxygen atoms in total. The van der Waals surface area contributed by atoms with Crippen LogP contribution in [0.15, 0.2) is 12.1 Å². The fourth-order valence-corrected chi connectivity index (χ4v) is 3.65. The Bertz CT molecular complexity index is 975. The Morgan fingerprint density at radius 2 is 1.96 bits per heavy atom. The van der Waals surface area contributed by atoms with Crippen molar-refractivity contribution in [3.63, 3.8) is 0 Å². The predicted octanol–water partition coefficient (Wildman–Crippen LogP) is 2.54. The Hall–Kier alpha value is -2.37. The predicted molar refractivity (Wildman–Crippen MR) is 95.7 cm³/mol. The molecule has 2 aromatic rings. The zero-order valence-electron chi connectivity index (χ0n) is 15.0. The fourth-order valence-electron chi connectivity index (χ4n) is 3.00. The smallest absolute Gasteiger partial charge is 0.174 e. The first-order valence-corrected chi connectivity index (χ1v) is 10.4. The molecule has 0 amide bonds. The molecule has 1 heterocycles. The molecular formula is C18H21N3O4S. The maximum absolute atomic E-state index is 11.7. The van der Waals surface area contributed by atoms with Gasteiger partial charge in [-0.05, 0) is 49.9 Å². The second kappa shape index (κ2) is 6.74. The van der Waals surface area contributed by atoms with E-state index in [4.69, 9.17) is 4.74 Å². The van der Waals surface area contributed by atoms with Gasteiger partial charge in [-0.1, -0.05) is 0 Å². The highest BCUT2D eigenvalue weighted by Gasteiger charge is 2.33. The maximum Gasteiger partial charge on any atom is 0.174 e. The monoisotopic (exact) mass is 375 g/mol. The Kier molecular flexibility index (Phi) is 4.78. The van der Waals surface area contributed by atoms with Crippen molar-refractivity contribution >= 4 is 9.84 Å². The number of hydrogen-bond acceptors (Lipinski definition) is 6. The third kappa shape index (κ3) is 3.74. The molecule has 0 radical (unpaired) electrons. The van der Waals surface area contributed by atoms with Gasteiger partial charge in [-0.2, -0.15) is 10.4 Å². The van der Waals surface area contributed by atoms with Gasteiger partial charge < -0.3 is 9.84 Å². The van der Waals surface area contributed by atoms with Gasteiger partial charge in [-0.3, -0.25) is 0 Å². The summed E-state index contributed by atoms with van der Waals surface area (Å²) in [5.74, 6) is 0.866. The summed E-state index contributed by atoms with van der Waals surface area (Å²) in [6.07, 6.45) is 3.05. The first kappa shape index (κ1) is 18.4. The summed E-state index contributed by atoms with van der Waals surface area (Å²) in [5, 5.41) is 23.4. The molecule has 138 valence electrons. The average Bonchev–Trinajstić information content (AvgIpc) is 3.30. The highest BCUT2D eigenvalue weighted by molar-refractivity contribution is 7.89. The van der Waals surface area contributed by atoms with Gasteiger partial charge in [0.25, 0.3) is 0 Å². The number of aryl methyl sites for hydroxylation is 2. The number of hydrogen-bond donors (Lipinski definition) is 1. The lowest BCUT2D eigenvalue weighted by Gasteiger charge is -2.11. The fraction of sp³-hybridized carbons (Fsp3) is 0.444. The summed E-state index contributed by atoms with van der Waals surface area (Å²) in [7, 11) is -3.32. The van der Waals surface area contributed by atoms with E-state index in [-0.39, 0.29) is 18.4 Å². The minimum atomic E-state index is -3.32. The standard InChI is InChI=1S/C18H21N3O4S/c1-11-6-14(7-12(2)15(11)8-19)25-18-16(9-22)21(10-26(3,23)24)20-17(18)13-4-5-13/h6-7,13,22H,4-5,9-10H2,1-3H3. The molecule has 1 saturated carbocycles. The number of ether oxygens (including phenoxy) is 1. The van der Waals surface area contributed by atoms with Crippen LogP contribution < -0.4 is 4.74 Å². The normalized spacial score (nSPS) is 14.3. The van der Waals surface area contributed by atoms with Gasteiger partial charge in [0.15, 0.2) is 15.6 Å². The van der Waals surface area contributed by atoms with Crippen molar-refractivity contribution in [3.8, 4) is 17.6 Å². The Morgan fingerprint density at radius 3 is 2.42 bits per heavy atom. The molecule has 1 aromatic heterocycles. The maximum atomic E-state index is 11.7. The van der Waals surface area contributed by atoms with Crippen molar-refractivity contribution < 1.29 is 18.3 Å². The van der Waals surface area contributed by atoms with Gasteiger partial charge in [0, 0.05) is 12.2 Å². The van der Waals surface area contributed by atoms with Gasteiger partial charge in [0.1, 0.15) is 23.0 Å². The van der Waals surface area contributed by atoms with Crippen LogP contribution in [0.3, 0.4) is 0 Å². The van der Waals surface area contributed by atoms with E-state index in [1.165, 1.54) is 4.68 Å². The second-order valence-corrected chi connectivity index (χ2v) is 8.90. The molecule has 26 heavy (non-hydrogen) atoms. The number of aliphatic hydroxyl groups is 1. The van der Waals surface area contributed by atoms with E-state index in [1.807, 2.05) is 13.8 Å². The number of sulfone groups is 1. The first-order valence-electron chi connectivity index (χ1n) is 8.31.